The highest BCUT2D eigenvalue weighted by Crippen LogP contribution is 2.15. The molecule has 1 heterocycles. The standard InChI is InChI=1S/C8H12BF3NS/c1-2-13(7-9(10,11)12)6-8-4-3-5-14-8/h3-5H,2,6-7H2,1H3/q-1. The average molecular weight is 222 g/mol. The smallest absolute Gasteiger partial charge is 0.448 e. The summed E-state index contributed by atoms with van der Waals surface area (Å²) in [6, 6.07) is 3.71. The molecule has 1 aromatic rings. The summed E-state index contributed by atoms with van der Waals surface area (Å²) >= 11 is 1.49. The molecule has 1 aromatic heterocycles. The number of rotatable bonds is 5. The van der Waals surface area contributed by atoms with Gasteiger partial charge in [-0.1, -0.05) is 13.0 Å². The van der Waals surface area contributed by atoms with Crippen LogP contribution in [0.4, 0.5) is 12.9 Å². The van der Waals surface area contributed by atoms with Crippen LogP contribution in [0.15, 0.2) is 17.5 Å². The molecule has 0 atom stereocenters. The lowest BCUT2D eigenvalue weighted by Crippen LogP contribution is -2.37. The summed E-state index contributed by atoms with van der Waals surface area (Å²) in [5.74, 6) is 0. The molecule has 0 bridgehead atoms. The van der Waals surface area contributed by atoms with Gasteiger partial charge in [0.15, 0.2) is 0 Å². The van der Waals surface area contributed by atoms with Crippen molar-refractivity contribution in [3.63, 3.8) is 0 Å². The van der Waals surface area contributed by atoms with Gasteiger partial charge in [-0.25, -0.2) is 0 Å². The maximum atomic E-state index is 12.1. The molecule has 0 aliphatic carbocycles. The van der Waals surface area contributed by atoms with Crippen molar-refractivity contribution in [2.45, 2.75) is 13.5 Å². The van der Waals surface area contributed by atoms with Gasteiger partial charge >= 0.3 is 6.98 Å². The summed E-state index contributed by atoms with van der Waals surface area (Å²) in [4.78, 5) is 2.39. The van der Waals surface area contributed by atoms with Gasteiger partial charge in [0.25, 0.3) is 0 Å². The van der Waals surface area contributed by atoms with E-state index in [1.807, 2.05) is 17.5 Å². The Balaban J connectivity index is 2.47. The molecule has 14 heavy (non-hydrogen) atoms. The second-order valence-corrected chi connectivity index (χ2v) is 4.15. The topological polar surface area (TPSA) is 3.24 Å². The first-order valence-corrected chi connectivity index (χ1v) is 5.35. The van der Waals surface area contributed by atoms with Crippen molar-refractivity contribution in [3.05, 3.63) is 22.4 Å². The third-order valence-corrected chi connectivity index (χ3v) is 2.73. The largest absolute Gasteiger partial charge is 0.492 e. The van der Waals surface area contributed by atoms with E-state index in [4.69, 9.17) is 0 Å². The van der Waals surface area contributed by atoms with Gasteiger partial charge in [-0.3, -0.25) is 0 Å². The molecule has 1 nitrogen and oxygen atoms in total. The Bertz CT molecular complexity index is 260. The maximum absolute atomic E-state index is 12.1. The van der Waals surface area contributed by atoms with Crippen molar-refractivity contribution in [1.29, 1.82) is 0 Å². The highest BCUT2D eigenvalue weighted by Gasteiger charge is 2.25. The van der Waals surface area contributed by atoms with Gasteiger partial charge in [-0.15, -0.1) is 11.3 Å². The molecule has 0 spiro atoms. The number of nitrogens with zero attached hydrogens (tertiary/aromatic N) is 1. The van der Waals surface area contributed by atoms with Crippen molar-refractivity contribution in [2.24, 2.45) is 0 Å². The Morgan fingerprint density at radius 3 is 2.57 bits per heavy atom. The predicted octanol–water partition coefficient (Wildman–Crippen LogP) is 2.96. The molecule has 0 aliphatic heterocycles. The maximum Gasteiger partial charge on any atom is 0.492 e. The minimum absolute atomic E-state index is 0.398. The van der Waals surface area contributed by atoms with Crippen molar-refractivity contribution < 1.29 is 12.9 Å². The van der Waals surface area contributed by atoms with Crippen molar-refractivity contribution in [2.75, 3.05) is 13.0 Å². The fraction of sp³-hybridized carbons (Fsp3) is 0.500. The quantitative estimate of drug-likeness (QED) is 0.692. The summed E-state index contributed by atoms with van der Waals surface area (Å²) in [7, 11) is 0. The molecule has 0 unspecified atom stereocenters. The molecular weight excluding hydrogens is 210 g/mol. The molecule has 0 N–H and O–H groups in total. The normalized spacial score (nSPS) is 12.4. The Morgan fingerprint density at radius 1 is 1.43 bits per heavy atom. The van der Waals surface area contributed by atoms with E-state index in [0.717, 1.165) is 4.88 Å². The van der Waals surface area contributed by atoms with Gasteiger partial charge in [0.1, 0.15) is 0 Å². The van der Waals surface area contributed by atoms with E-state index in [1.54, 1.807) is 6.92 Å². The van der Waals surface area contributed by atoms with Gasteiger partial charge in [0.2, 0.25) is 0 Å². The monoisotopic (exact) mass is 222 g/mol. The van der Waals surface area contributed by atoms with E-state index in [0.29, 0.717) is 13.1 Å². The molecule has 0 fully saturated rings. The summed E-state index contributed by atoms with van der Waals surface area (Å²) in [6.07, 6.45) is -0.769. The van der Waals surface area contributed by atoms with E-state index >= 15 is 0 Å². The van der Waals surface area contributed by atoms with E-state index in [9.17, 15) is 12.9 Å². The van der Waals surface area contributed by atoms with E-state index < -0.39 is 13.4 Å². The van der Waals surface area contributed by atoms with Crippen LogP contribution in [0.25, 0.3) is 0 Å². The zero-order chi connectivity index (χ0) is 10.6. The third kappa shape index (κ3) is 4.15. The van der Waals surface area contributed by atoms with Gasteiger partial charge in [-0.2, -0.15) is 0 Å². The fourth-order valence-corrected chi connectivity index (χ4v) is 1.97. The Kier molecular flexibility index (Phi) is 4.01. The molecule has 0 amide bonds. The fourth-order valence-electron chi connectivity index (χ4n) is 1.22. The molecule has 0 aromatic carbocycles. The molecule has 6 heteroatoms. The summed E-state index contributed by atoms with van der Waals surface area (Å²) in [6.45, 7) is -2.13. The molecule has 0 saturated carbocycles. The van der Waals surface area contributed by atoms with Gasteiger partial charge in [-0.05, 0) is 24.4 Å². The van der Waals surface area contributed by atoms with Crippen LogP contribution in [-0.4, -0.2) is 24.9 Å². The first-order chi connectivity index (χ1) is 6.51. The number of thiophene rings is 1. The first kappa shape index (κ1) is 11.6. The van der Waals surface area contributed by atoms with Crippen molar-refractivity contribution >= 4 is 18.3 Å². The van der Waals surface area contributed by atoms with Gasteiger partial charge < -0.3 is 17.8 Å². The van der Waals surface area contributed by atoms with Gasteiger partial charge in [0, 0.05) is 11.4 Å². The summed E-state index contributed by atoms with van der Waals surface area (Å²) in [5, 5.41) is 1.88. The minimum atomic E-state index is -4.71. The molecule has 80 valence electrons. The van der Waals surface area contributed by atoms with Crippen LogP contribution >= 0.6 is 11.3 Å². The van der Waals surface area contributed by atoms with Crippen LogP contribution in [0, 0.1) is 0 Å². The van der Waals surface area contributed by atoms with Crippen LogP contribution in [-0.2, 0) is 6.54 Å². The summed E-state index contributed by atoms with van der Waals surface area (Å²) < 4.78 is 36.4. The zero-order valence-corrected chi connectivity index (χ0v) is 8.74. The Hall–Kier alpha value is -0.485. The Morgan fingerprint density at radius 2 is 2.14 bits per heavy atom. The second-order valence-electron chi connectivity index (χ2n) is 3.12. The van der Waals surface area contributed by atoms with Crippen LogP contribution in [0.5, 0.6) is 0 Å². The van der Waals surface area contributed by atoms with Gasteiger partial charge in [0.05, 0.1) is 0 Å². The molecule has 0 radical (unpaired) electrons. The van der Waals surface area contributed by atoms with E-state index in [1.165, 1.54) is 16.2 Å². The SMILES string of the molecule is CCN(Cc1cccs1)C[B-](F)(F)F. The zero-order valence-electron chi connectivity index (χ0n) is 7.92. The highest BCUT2D eigenvalue weighted by molar-refractivity contribution is 7.09. The highest BCUT2D eigenvalue weighted by atomic mass is 32.1. The van der Waals surface area contributed by atoms with Crippen LogP contribution in [0.2, 0.25) is 0 Å². The molecule has 0 aliphatic rings. The first-order valence-electron chi connectivity index (χ1n) is 4.47. The lowest BCUT2D eigenvalue weighted by Gasteiger charge is -2.25. The Labute approximate surface area is 85.6 Å². The lowest BCUT2D eigenvalue weighted by molar-refractivity contribution is 0.286. The minimum Gasteiger partial charge on any atom is -0.448 e. The summed E-state index contributed by atoms with van der Waals surface area (Å²) in [5.41, 5.74) is 0. The van der Waals surface area contributed by atoms with E-state index in [2.05, 4.69) is 0 Å². The second kappa shape index (κ2) is 4.84. The lowest BCUT2D eigenvalue weighted by atomic mass is 9.91. The van der Waals surface area contributed by atoms with E-state index in [-0.39, 0.29) is 0 Å². The number of hydrogen-bond donors (Lipinski definition) is 0. The number of hydrogen-bond acceptors (Lipinski definition) is 2. The number of halogens is 3. The third-order valence-electron chi connectivity index (χ3n) is 1.87. The predicted molar refractivity (Wildman–Crippen MR) is 54.3 cm³/mol. The average Bonchev–Trinajstić information content (AvgIpc) is 2.53. The van der Waals surface area contributed by atoms with Crippen molar-refractivity contribution in [1.82, 2.24) is 4.90 Å². The molecule has 0 saturated heterocycles. The van der Waals surface area contributed by atoms with Crippen LogP contribution in [0.1, 0.15) is 11.8 Å². The van der Waals surface area contributed by atoms with Crippen molar-refractivity contribution in [3.8, 4) is 0 Å². The molecular formula is C8H12BF3NS-. The van der Waals surface area contributed by atoms with Crippen LogP contribution in [0.3, 0.4) is 0 Å². The van der Waals surface area contributed by atoms with Crippen LogP contribution < -0.4 is 0 Å². The molecule has 1 rings (SSSR count).